The number of nitrogens with zero attached hydrogens (tertiary/aromatic N) is 1. The number of rotatable bonds is 7. The first-order chi connectivity index (χ1) is 16.8. The Kier molecular flexibility index (Phi) is 8.45. The number of likely N-dealkylation sites (tertiary alicyclic amines) is 1. The molecule has 35 heavy (non-hydrogen) atoms. The molecule has 0 aliphatic carbocycles. The van der Waals surface area contributed by atoms with Crippen LogP contribution in [0.2, 0.25) is 0 Å². The third-order valence-electron chi connectivity index (χ3n) is 6.53. The Hall–Kier alpha value is -2.03. The predicted octanol–water partition coefficient (Wildman–Crippen LogP) is 6.22. The minimum Gasteiger partial charge on any atom is -0.342 e. The molecule has 8 heteroatoms. The topological polar surface area (TPSA) is 54.5 Å². The molecular formula is C27H26Br2FNO3S. The number of hydrogen-bond acceptors (Lipinski definition) is 3. The molecule has 1 fully saturated rings. The fraction of sp³-hybridized carbons (Fsp3) is 0.296. The summed E-state index contributed by atoms with van der Waals surface area (Å²) in [5.41, 5.74) is 2.12. The Bertz CT molecular complexity index is 1240. The van der Waals surface area contributed by atoms with Gasteiger partial charge in [-0.1, -0.05) is 68.3 Å². The quantitative estimate of drug-likeness (QED) is 0.294. The van der Waals surface area contributed by atoms with Gasteiger partial charge < -0.3 is 4.90 Å². The molecule has 0 unspecified atom stereocenters. The van der Waals surface area contributed by atoms with E-state index >= 15 is 0 Å². The van der Waals surface area contributed by atoms with E-state index in [-0.39, 0.29) is 16.7 Å². The van der Waals surface area contributed by atoms with E-state index in [1.807, 2.05) is 48.5 Å². The van der Waals surface area contributed by atoms with Crippen LogP contribution in [-0.4, -0.2) is 37.6 Å². The van der Waals surface area contributed by atoms with E-state index in [4.69, 9.17) is 0 Å². The van der Waals surface area contributed by atoms with E-state index in [2.05, 4.69) is 31.9 Å². The van der Waals surface area contributed by atoms with Crippen molar-refractivity contribution in [3.8, 4) is 0 Å². The lowest BCUT2D eigenvalue weighted by Crippen LogP contribution is -2.45. The SMILES string of the molecule is O=C(C(Cc1ccccc1Br)Cc1ccccc1Br)N1CCC(S(=O)(=O)c2ccc(F)cc2)CC1. The molecule has 0 aromatic heterocycles. The zero-order valence-electron chi connectivity index (χ0n) is 19.0. The van der Waals surface area contributed by atoms with Crippen LogP contribution < -0.4 is 0 Å². The molecule has 3 aromatic carbocycles. The van der Waals surface area contributed by atoms with E-state index in [1.54, 1.807) is 4.90 Å². The van der Waals surface area contributed by atoms with Crippen molar-refractivity contribution in [1.29, 1.82) is 0 Å². The van der Waals surface area contributed by atoms with Gasteiger partial charge in [0.05, 0.1) is 10.1 Å². The second-order valence-electron chi connectivity index (χ2n) is 8.81. The van der Waals surface area contributed by atoms with E-state index in [1.165, 1.54) is 24.3 Å². The fourth-order valence-corrected chi connectivity index (χ4v) is 7.19. The standard InChI is InChI=1S/C27H26Br2FNO3S/c28-25-7-3-1-5-19(25)17-21(18-20-6-2-4-8-26(20)29)27(32)31-15-13-24(14-16-31)35(33,34)23-11-9-22(30)10-12-23/h1-12,21,24H,13-18H2. The summed E-state index contributed by atoms with van der Waals surface area (Å²) in [5.74, 6) is -0.711. The van der Waals surface area contributed by atoms with Crippen LogP contribution in [0.25, 0.3) is 0 Å². The summed E-state index contributed by atoms with van der Waals surface area (Å²) < 4.78 is 41.2. The average molecular weight is 623 g/mol. The number of piperidine rings is 1. The van der Waals surface area contributed by atoms with E-state index in [0.717, 1.165) is 20.1 Å². The summed E-state index contributed by atoms with van der Waals surface area (Å²) in [6.45, 7) is 0.763. The molecule has 1 aliphatic rings. The fourth-order valence-electron chi connectivity index (χ4n) is 4.57. The van der Waals surface area contributed by atoms with Gasteiger partial charge in [0.25, 0.3) is 0 Å². The van der Waals surface area contributed by atoms with Crippen LogP contribution in [0.5, 0.6) is 0 Å². The molecular weight excluding hydrogens is 597 g/mol. The van der Waals surface area contributed by atoms with Crippen molar-refractivity contribution in [1.82, 2.24) is 4.90 Å². The second-order valence-corrected chi connectivity index (χ2v) is 12.7. The molecule has 0 spiro atoms. The summed E-state index contributed by atoms with van der Waals surface area (Å²) in [5, 5.41) is -0.581. The molecule has 0 radical (unpaired) electrons. The van der Waals surface area contributed by atoms with Crippen molar-refractivity contribution in [2.24, 2.45) is 5.92 Å². The maximum absolute atomic E-state index is 13.7. The minimum absolute atomic E-state index is 0.0362. The number of hydrogen-bond donors (Lipinski definition) is 0. The van der Waals surface area contributed by atoms with Crippen molar-refractivity contribution in [3.05, 3.63) is 98.7 Å². The summed E-state index contributed by atoms with van der Waals surface area (Å²) in [6.07, 6.45) is 1.88. The number of sulfone groups is 1. The van der Waals surface area contributed by atoms with Gasteiger partial charge in [-0.2, -0.15) is 0 Å². The lowest BCUT2D eigenvalue weighted by Gasteiger charge is -2.34. The number of carbonyl (C=O) groups is 1. The first-order valence-electron chi connectivity index (χ1n) is 11.5. The summed E-state index contributed by atoms with van der Waals surface area (Å²) >= 11 is 7.20. The number of halogens is 3. The second kappa shape index (κ2) is 11.4. The summed E-state index contributed by atoms with van der Waals surface area (Å²) in [4.78, 5) is 15.6. The van der Waals surface area contributed by atoms with Crippen LogP contribution in [-0.2, 0) is 27.5 Å². The molecule has 3 aromatic rings. The van der Waals surface area contributed by atoms with Gasteiger partial charge in [-0.05, 0) is 73.2 Å². The van der Waals surface area contributed by atoms with E-state index in [0.29, 0.717) is 38.8 Å². The Morgan fingerprint density at radius 1 is 0.857 bits per heavy atom. The van der Waals surface area contributed by atoms with Crippen LogP contribution in [0.3, 0.4) is 0 Å². The maximum atomic E-state index is 13.7. The molecule has 0 atom stereocenters. The van der Waals surface area contributed by atoms with Gasteiger partial charge in [0.15, 0.2) is 9.84 Å². The van der Waals surface area contributed by atoms with Crippen molar-refractivity contribution >= 4 is 47.6 Å². The first kappa shape index (κ1) is 26.0. The largest absolute Gasteiger partial charge is 0.342 e. The van der Waals surface area contributed by atoms with Crippen molar-refractivity contribution in [3.63, 3.8) is 0 Å². The lowest BCUT2D eigenvalue weighted by molar-refractivity contribution is -0.136. The smallest absolute Gasteiger partial charge is 0.226 e. The molecule has 0 N–H and O–H groups in total. The van der Waals surface area contributed by atoms with Gasteiger partial charge >= 0.3 is 0 Å². The van der Waals surface area contributed by atoms with Gasteiger partial charge in [0.1, 0.15) is 5.82 Å². The van der Waals surface area contributed by atoms with Crippen molar-refractivity contribution < 1.29 is 17.6 Å². The van der Waals surface area contributed by atoms with Crippen LogP contribution >= 0.6 is 31.9 Å². The highest BCUT2D eigenvalue weighted by Crippen LogP contribution is 2.29. The molecule has 0 bridgehead atoms. The monoisotopic (exact) mass is 621 g/mol. The van der Waals surface area contributed by atoms with Crippen molar-refractivity contribution in [2.75, 3.05) is 13.1 Å². The van der Waals surface area contributed by atoms with Gasteiger partial charge in [0.2, 0.25) is 5.91 Å². The maximum Gasteiger partial charge on any atom is 0.226 e. The Balaban J connectivity index is 1.50. The average Bonchev–Trinajstić information content (AvgIpc) is 2.86. The van der Waals surface area contributed by atoms with Crippen LogP contribution in [0, 0.1) is 11.7 Å². The van der Waals surface area contributed by atoms with Gasteiger partial charge in [-0.25, -0.2) is 12.8 Å². The third-order valence-corrected chi connectivity index (χ3v) is 10.4. The Labute approximate surface area is 222 Å². The Morgan fingerprint density at radius 2 is 1.34 bits per heavy atom. The minimum atomic E-state index is -3.57. The van der Waals surface area contributed by atoms with Crippen LogP contribution in [0.15, 0.2) is 86.6 Å². The number of benzene rings is 3. The summed E-state index contributed by atoms with van der Waals surface area (Å²) in [7, 11) is -3.57. The van der Waals surface area contributed by atoms with Gasteiger partial charge in [-0.3, -0.25) is 4.79 Å². The first-order valence-corrected chi connectivity index (χ1v) is 14.6. The van der Waals surface area contributed by atoms with E-state index in [9.17, 15) is 17.6 Å². The summed E-state index contributed by atoms with van der Waals surface area (Å²) in [6, 6.07) is 20.8. The molecule has 1 aliphatic heterocycles. The third kappa shape index (κ3) is 6.22. The lowest BCUT2D eigenvalue weighted by atomic mass is 9.90. The zero-order valence-corrected chi connectivity index (χ0v) is 23.0. The van der Waals surface area contributed by atoms with Gasteiger partial charge in [0, 0.05) is 28.0 Å². The predicted molar refractivity (Wildman–Crippen MR) is 142 cm³/mol. The molecule has 1 heterocycles. The number of amides is 1. The molecule has 0 saturated carbocycles. The molecule has 184 valence electrons. The highest BCUT2D eigenvalue weighted by atomic mass is 79.9. The highest BCUT2D eigenvalue weighted by molar-refractivity contribution is 9.10. The van der Waals surface area contributed by atoms with Gasteiger partial charge in [-0.15, -0.1) is 0 Å². The highest BCUT2D eigenvalue weighted by Gasteiger charge is 2.35. The molecule has 1 saturated heterocycles. The number of carbonyl (C=O) groups excluding carboxylic acids is 1. The molecule has 1 amide bonds. The van der Waals surface area contributed by atoms with Crippen LogP contribution in [0.1, 0.15) is 24.0 Å². The zero-order chi connectivity index (χ0) is 25.0. The Morgan fingerprint density at radius 3 is 1.83 bits per heavy atom. The molecule has 4 nitrogen and oxygen atoms in total. The molecule has 4 rings (SSSR count). The van der Waals surface area contributed by atoms with Crippen LogP contribution in [0.4, 0.5) is 4.39 Å². The van der Waals surface area contributed by atoms with E-state index < -0.39 is 20.9 Å². The van der Waals surface area contributed by atoms with Crippen molar-refractivity contribution in [2.45, 2.75) is 35.8 Å². The normalized spacial score (nSPS) is 14.9.